The third-order valence-corrected chi connectivity index (χ3v) is 7.17. The predicted octanol–water partition coefficient (Wildman–Crippen LogP) is 2.60. The van der Waals surface area contributed by atoms with Crippen molar-refractivity contribution in [2.45, 2.75) is 9.79 Å². The Labute approximate surface area is 190 Å². The molecule has 0 saturated carbocycles. The van der Waals surface area contributed by atoms with Gasteiger partial charge in [0.25, 0.3) is 5.91 Å². The van der Waals surface area contributed by atoms with Crippen LogP contribution in [0.15, 0.2) is 93.8 Å². The Morgan fingerprint density at radius 3 is 1.94 bits per heavy atom. The first-order valence-electron chi connectivity index (χ1n) is 9.10. The molecule has 0 unspecified atom stereocenters. The largest absolute Gasteiger partial charge is 0.271 e. The second-order valence-corrected chi connectivity index (χ2v) is 10.6. The van der Waals surface area contributed by atoms with Crippen molar-refractivity contribution < 1.29 is 21.6 Å². The maximum Gasteiger partial charge on any atom is 0.271 e. The minimum absolute atomic E-state index is 0.0972. The summed E-state index contributed by atoms with van der Waals surface area (Å²) in [6.45, 7) is 0. The van der Waals surface area contributed by atoms with Crippen LogP contribution in [0, 0.1) is 0 Å². The molecule has 3 N–H and O–H groups in total. The zero-order chi connectivity index (χ0) is 23.4. The standard InChI is InChI=1S/C21H18ClN3O5S2/c22-17-10-6-15(7-11-17)20(14-31(27,28)18-4-2-1-3-5-18)24-25-21(26)16-8-12-19(13-9-16)32(23,29)30/h1-13H,14H2,(H,25,26)(H2,23,29,30)/b24-20-. The lowest BCUT2D eigenvalue weighted by Crippen LogP contribution is -2.24. The van der Waals surface area contributed by atoms with Crippen molar-refractivity contribution in [1.82, 2.24) is 5.43 Å². The van der Waals surface area contributed by atoms with Crippen LogP contribution in [0.2, 0.25) is 5.02 Å². The molecule has 0 heterocycles. The summed E-state index contributed by atoms with van der Waals surface area (Å²) in [5.41, 5.74) is 2.98. The molecule has 0 fully saturated rings. The number of sulfone groups is 1. The van der Waals surface area contributed by atoms with Gasteiger partial charge in [-0.2, -0.15) is 5.10 Å². The average molecular weight is 492 g/mol. The summed E-state index contributed by atoms with van der Waals surface area (Å²) < 4.78 is 48.4. The Balaban J connectivity index is 1.89. The number of carbonyl (C=O) groups excluding carboxylic acids is 1. The number of rotatable bonds is 7. The number of halogens is 1. The third-order valence-electron chi connectivity index (χ3n) is 4.34. The van der Waals surface area contributed by atoms with Crippen LogP contribution in [0.25, 0.3) is 0 Å². The van der Waals surface area contributed by atoms with Crippen molar-refractivity contribution in [1.29, 1.82) is 0 Å². The topological polar surface area (TPSA) is 136 Å². The Bertz CT molecular complexity index is 1360. The number of nitrogens with two attached hydrogens (primary N) is 1. The van der Waals surface area contributed by atoms with E-state index in [0.29, 0.717) is 10.6 Å². The Morgan fingerprint density at radius 1 is 0.812 bits per heavy atom. The summed E-state index contributed by atoms with van der Waals surface area (Å²) >= 11 is 5.92. The smallest absolute Gasteiger partial charge is 0.267 e. The molecule has 0 atom stereocenters. The molecule has 0 aliphatic heterocycles. The van der Waals surface area contributed by atoms with E-state index in [9.17, 15) is 21.6 Å². The molecule has 8 nitrogen and oxygen atoms in total. The van der Waals surface area contributed by atoms with Gasteiger partial charge in [0, 0.05) is 10.6 Å². The van der Waals surface area contributed by atoms with Gasteiger partial charge in [0.15, 0.2) is 9.84 Å². The quantitative estimate of drug-likeness (QED) is 0.386. The summed E-state index contributed by atoms with van der Waals surface area (Å²) in [6.07, 6.45) is 0. The van der Waals surface area contributed by atoms with E-state index in [-0.39, 0.29) is 21.1 Å². The second-order valence-electron chi connectivity index (χ2n) is 6.65. The van der Waals surface area contributed by atoms with E-state index >= 15 is 0 Å². The van der Waals surface area contributed by atoms with Crippen molar-refractivity contribution in [3.63, 3.8) is 0 Å². The van der Waals surface area contributed by atoms with Crippen LogP contribution in [-0.4, -0.2) is 34.2 Å². The van der Waals surface area contributed by atoms with Gasteiger partial charge in [0.2, 0.25) is 10.0 Å². The predicted molar refractivity (Wildman–Crippen MR) is 122 cm³/mol. The lowest BCUT2D eigenvalue weighted by Gasteiger charge is -2.10. The Kier molecular flexibility index (Phi) is 7.09. The van der Waals surface area contributed by atoms with Crippen LogP contribution in [0.5, 0.6) is 0 Å². The SMILES string of the molecule is NS(=O)(=O)c1ccc(C(=O)N/N=C(/CS(=O)(=O)c2ccccc2)c2ccc(Cl)cc2)cc1. The highest BCUT2D eigenvalue weighted by Gasteiger charge is 2.20. The lowest BCUT2D eigenvalue weighted by atomic mass is 10.1. The maximum absolute atomic E-state index is 12.8. The summed E-state index contributed by atoms with van der Waals surface area (Å²) in [5, 5.41) is 9.54. The molecular formula is C21H18ClN3O5S2. The van der Waals surface area contributed by atoms with E-state index in [1.54, 1.807) is 42.5 Å². The molecule has 0 spiro atoms. The van der Waals surface area contributed by atoms with E-state index in [2.05, 4.69) is 10.5 Å². The van der Waals surface area contributed by atoms with Gasteiger partial charge in [0.05, 0.1) is 21.3 Å². The molecular weight excluding hydrogens is 474 g/mol. The van der Waals surface area contributed by atoms with E-state index in [1.165, 1.54) is 36.4 Å². The fourth-order valence-electron chi connectivity index (χ4n) is 2.69. The normalized spacial score (nSPS) is 12.4. The minimum atomic E-state index is -3.89. The van der Waals surface area contributed by atoms with Gasteiger partial charge in [-0.05, 0) is 54.1 Å². The van der Waals surface area contributed by atoms with Gasteiger partial charge in [-0.3, -0.25) is 4.79 Å². The van der Waals surface area contributed by atoms with Gasteiger partial charge in [-0.1, -0.05) is 41.9 Å². The number of hydrogen-bond acceptors (Lipinski definition) is 6. The second kappa shape index (κ2) is 9.61. The highest BCUT2D eigenvalue weighted by Crippen LogP contribution is 2.16. The van der Waals surface area contributed by atoms with Crippen LogP contribution in [-0.2, 0) is 19.9 Å². The number of amides is 1. The molecule has 0 radical (unpaired) electrons. The molecule has 3 aromatic carbocycles. The van der Waals surface area contributed by atoms with Crippen molar-refractivity contribution >= 4 is 43.1 Å². The van der Waals surface area contributed by atoms with Gasteiger partial charge in [0.1, 0.15) is 0 Å². The van der Waals surface area contributed by atoms with E-state index in [4.69, 9.17) is 16.7 Å². The molecule has 0 aliphatic rings. The summed E-state index contributed by atoms with van der Waals surface area (Å²) in [5.74, 6) is -1.13. The van der Waals surface area contributed by atoms with Crippen molar-refractivity contribution in [2.24, 2.45) is 10.2 Å². The monoisotopic (exact) mass is 491 g/mol. The number of carbonyl (C=O) groups is 1. The van der Waals surface area contributed by atoms with Crippen molar-refractivity contribution in [3.8, 4) is 0 Å². The van der Waals surface area contributed by atoms with E-state index in [0.717, 1.165) is 0 Å². The maximum atomic E-state index is 12.8. The molecule has 0 aliphatic carbocycles. The summed E-state index contributed by atoms with van der Waals surface area (Å²) in [7, 11) is -7.64. The Hall–Kier alpha value is -3.05. The van der Waals surface area contributed by atoms with Crippen LogP contribution in [0.1, 0.15) is 15.9 Å². The first-order chi connectivity index (χ1) is 15.1. The fourth-order valence-corrected chi connectivity index (χ4v) is 4.66. The first kappa shape index (κ1) is 23.6. The molecule has 166 valence electrons. The summed E-state index contributed by atoms with van der Waals surface area (Å²) in [6, 6.07) is 19.1. The van der Waals surface area contributed by atoms with Gasteiger partial charge < -0.3 is 0 Å². The molecule has 32 heavy (non-hydrogen) atoms. The average Bonchev–Trinajstić information content (AvgIpc) is 2.77. The first-order valence-corrected chi connectivity index (χ1v) is 12.7. The molecule has 0 saturated heterocycles. The molecule has 0 bridgehead atoms. The number of nitrogens with zero attached hydrogens (tertiary/aromatic N) is 1. The molecule has 3 rings (SSSR count). The van der Waals surface area contributed by atoms with E-state index in [1.807, 2.05) is 0 Å². The van der Waals surface area contributed by atoms with Crippen LogP contribution >= 0.6 is 11.6 Å². The Morgan fingerprint density at radius 2 is 1.38 bits per heavy atom. The van der Waals surface area contributed by atoms with Crippen molar-refractivity contribution in [2.75, 3.05) is 5.75 Å². The van der Waals surface area contributed by atoms with Crippen molar-refractivity contribution in [3.05, 3.63) is 95.0 Å². The third kappa shape index (κ3) is 6.01. The number of nitrogens with one attached hydrogen (secondary N) is 1. The molecule has 1 amide bonds. The molecule has 0 aromatic heterocycles. The lowest BCUT2D eigenvalue weighted by molar-refractivity contribution is 0.0954. The number of hydrazone groups is 1. The number of benzene rings is 3. The van der Waals surface area contributed by atoms with Crippen LogP contribution in [0.3, 0.4) is 0 Å². The molecule has 3 aromatic rings. The van der Waals surface area contributed by atoms with Gasteiger partial charge >= 0.3 is 0 Å². The highest BCUT2D eigenvalue weighted by atomic mass is 35.5. The zero-order valence-corrected chi connectivity index (χ0v) is 18.9. The van der Waals surface area contributed by atoms with Crippen LogP contribution < -0.4 is 10.6 Å². The zero-order valence-electron chi connectivity index (χ0n) is 16.5. The van der Waals surface area contributed by atoms with Gasteiger partial charge in [-0.25, -0.2) is 27.4 Å². The van der Waals surface area contributed by atoms with Gasteiger partial charge in [-0.15, -0.1) is 0 Å². The van der Waals surface area contributed by atoms with Crippen LogP contribution in [0.4, 0.5) is 0 Å². The fraction of sp³-hybridized carbons (Fsp3) is 0.0476. The summed E-state index contributed by atoms with van der Waals surface area (Å²) in [4.78, 5) is 12.4. The number of hydrogen-bond donors (Lipinski definition) is 2. The minimum Gasteiger partial charge on any atom is -0.267 e. The molecule has 11 heteroatoms. The van der Waals surface area contributed by atoms with E-state index < -0.39 is 31.5 Å². The number of primary sulfonamides is 1. The number of sulfonamides is 1. The highest BCUT2D eigenvalue weighted by molar-refractivity contribution is 7.92.